The number of hydrogen-bond acceptors (Lipinski definition) is 0. The average molecular weight is 264 g/mol. The molecular formula is C20H24. The molecule has 0 heteroatoms. The number of aryl methyl sites for hydroxylation is 1. The zero-order valence-corrected chi connectivity index (χ0v) is 12.8. The summed E-state index contributed by atoms with van der Waals surface area (Å²) in [6.45, 7) is 14.0. The van der Waals surface area contributed by atoms with Gasteiger partial charge in [0.1, 0.15) is 0 Å². The Morgan fingerprint density at radius 2 is 1.30 bits per heavy atom. The Morgan fingerprint density at radius 3 is 1.75 bits per heavy atom. The molecular weight excluding hydrogens is 240 g/mol. The van der Waals surface area contributed by atoms with Crippen LogP contribution in [0.15, 0.2) is 73.3 Å². The monoisotopic (exact) mass is 264 g/mol. The summed E-state index contributed by atoms with van der Waals surface area (Å²) in [6.07, 6.45) is 1.11. The van der Waals surface area contributed by atoms with Crippen molar-refractivity contribution in [2.75, 3.05) is 0 Å². The van der Waals surface area contributed by atoms with Crippen molar-refractivity contribution in [2.24, 2.45) is 0 Å². The summed E-state index contributed by atoms with van der Waals surface area (Å²) in [6, 6.07) is 18.7. The first-order valence-electron chi connectivity index (χ1n) is 7.00. The van der Waals surface area contributed by atoms with E-state index in [0.717, 1.165) is 12.0 Å². The van der Waals surface area contributed by atoms with E-state index in [-0.39, 0.29) is 0 Å². The second-order valence-electron chi connectivity index (χ2n) is 5.02. The third-order valence-corrected chi connectivity index (χ3v) is 3.13. The van der Waals surface area contributed by atoms with Crippen molar-refractivity contribution in [1.29, 1.82) is 0 Å². The van der Waals surface area contributed by atoms with Gasteiger partial charge in [0, 0.05) is 0 Å². The minimum atomic E-state index is 1.08. The van der Waals surface area contributed by atoms with Crippen LogP contribution in [0.3, 0.4) is 0 Å². The summed E-state index contributed by atoms with van der Waals surface area (Å²) in [7, 11) is 0. The zero-order chi connectivity index (χ0) is 15.0. The molecule has 2 aromatic rings. The Morgan fingerprint density at radius 1 is 0.850 bits per heavy atom. The van der Waals surface area contributed by atoms with Gasteiger partial charge in [0.05, 0.1) is 0 Å². The van der Waals surface area contributed by atoms with Crippen molar-refractivity contribution in [3.8, 4) is 0 Å². The molecule has 0 spiro atoms. The molecule has 0 heterocycles. The molecule has 2 rings (SSSR count). The summed E-state index contributed by atoms with van der Waals surface area (Å²) in [4.78, 5) is 0. The van der Waals surface area contributed by atoms with Gasteiger partial charge >= 0.3 is 0 Å². The van der Waals surface area contributed by atoms with Crippen molar-refractivity contribution in [1.82, 2.24) is 0 Å². The third kappa shape index (κ3) is 5.27. The topological polar surface area (TPSA) is 0 Å². The van der Waals surface area contributed by atoms with Gasteiger partial charge in [0.2, 0.25) is 0 Å². The van der Waals surface area contributed by atoms with E-state index in [1.807, 2.05) is 25.1 Å². The van der Waals surface area contributed by atoms with Crippen LogP contribution in [0.1, 0.15) is 37.0 Å². The van der Waals surface area contributed by atoms with Gasteiger partial charge in [-0.25, -0.2) is 0 Å². The van der Waals surface area contributed by atoms with E-state index in [0.29, 0.717) is 0 Å². The Balaban J connectivity index is 0.000000347. The molecule has 20 heavy (non-hydrogen) atoms. The highest BCUT2D eigenvalue weighted by atomic mass is 14.0. The van der Waals surface area contributed by atoms with Crippen molar-refractivity contribution in [2.45, 2.75) is 27.2 Å². The van der Waals surface area contributed by atoms with E-state index in [4.69, 9.17) is 0 Å². The molecule has 0 aromatic heterocycles. The zero-order valence-electron chi connectivity index (χ0n) is 12.8. The van der Waals surface area contributed by atoms with E-state index >= 15 is 0 Å². The molecule has 0 nitrogen and oxygen atoms in total. The van der Waals surface area contributed by atoms with Crippen LogP contribution < -0.4 is 0 Å². The van der Waals surface area contributed by atoms with Gasteiger partial charge in [-0.3, -0.25) is 0 Å². The van der Waals surface area contributed by atoms with Crippen molar-refractivity contribution in [3.05, 3.63) is 90.0 Å². The van der Waals surface area contributed by atoms with Gasteiger partial charge in [-0.2, -0.15) is 0 Å². The van der Waals surface area contributed by atoms with Gasteiger partial charge in [0.25, 0.3) is 0 Å². The number of allylic oxidation sites excluding steroid dienone is 1. The van der Waals surface area contributed by atoms with Crippen LogP contribution in [0.2, 0.25) is 0 Å². The molecule has 0 saturated heterocycles. The highest BCUT2D eigenvalue weighted by molar-refractivity contribution is 5.77. The molecule has 0 N–H and O–H groups in total. The normalized spacial score (nSPS) is 9.35. The molecule has 0 bridgehead atoms. The predicted octanol–water partition coefficient (Wildman–Crippen LogP) is 6.03. The fourth-order valence-corrected chi connectivity index (χ4v) is 1.56. The van der Waals surface area contributed by atoms with Crippen LogP contribution in [0, 0.1) is 6.92 Å². The molecule has 0 atom stereocenters. The molecule has 0 radical (unpaired) electrons. The Kier molecular flexibility index (Phi) is 6.52. The molecule has 0 aliphatic rings. The first-order valence-corrected chi connectivity index (χ1v) is 7.00. The van der Waals surface area contributed by atoms with E-state index in [9.17, 15) is 0 Å². The SMILES string of the molecule is C=C(C)CC.C=C(c1ccccc1)c1ccc(C)cc1. The molecule has 0 unspecified atom stereocenters. The first kappa shape index (κ1) is 16.0. The maximum absolute atomic E-state index is 4.12. The van der Waals surface area contributed by atoms with Crippen molar-refractivity contribution >= 4 is 5.57 Å². The lowest BCUT2D eigenvalue weighted by molar-refractivity contribution is 1.11. The smallest absolute Gasteiger partial charge is 0.0183 e. The molecule has 0 aliphatic carbocycles. The standard InChI is InChI=1S/C15H14.C5H10/c1-12-8-10-15(11-9-12)13(2)14-6-4-3-5-7-14;1-4-5(2)3/h3-11H,2H2,1H3;2,4H2,1,3H3. The van der Waals surface area contributed by atoms with Gasteiger partial charge in [-0.05, 0) is 37.0 Å². The van der Waals surface area contributed by atoms with Crippen LogP contribution in [0.4, 0.5) is 0 Å². The Hall–Kier alpha value is -2.08. The van der Waals surface area contributed by atoms with Crippen LogP contribution in [-0.2, 0) is 0 Å². The Bertz CT molecular complexity index is 544. The van der Waals surface area contributed by atoms with E-state index in [1.165, 1.54) is 22.3 Å². The highest BCUT2D eigenvalue weighted by Crippen LogP contribution is 2.21. The quantitative estimate of drug-likeness (QED) is 0.594. The second-order valence-corrected chi connectivity index (χ2v) is 5.02. The maximum atomic E-state index is 4.12. The first-order chi connectivity index (χ1) is 9.54. The lowest BCUT2D eigenvalue weighted by Gasteiger charge is -2.06. The predicted molar refractivity (Wildman–Crippen MR) is 90.9 cm³/mol. The molecule has 0 fully saturated rings. The van der Waals surface area contributed by atoms with Gasteiger partial charge in [-0.1, -0.05) is 79.2 Å². The van der Waals surface area contributed by atoms with Gasteiger partial charge in [0.15, 0.2) is 0 Å². The second kappa shape index (κ2) is 8.16. The summed E-state index contributed by atoms with van der Waals surface area (Å²) in [5.74, 6) is 0. The number of hydrogen-bond donors (Lipinski definition) is 0. The largest absolute Gasteiger partial charge is 0.100 e. The lowest BCUT2D eigenvalue weighted by atomic mass is 9.99. The van der Waals surface area contributed by atoms with E-state index < -0.39 is 0 Å². The molecule has 0 aliphatic heterocycles. The minimum Gasteiger partial charge on any atom is -0.100 e. The summed E-state index contributed by atoms with van der Waals surface area (Å²) in [5.41, 5.74) is 5.98. The molecule has 0 saturated carbocycles. The van der Waals surface area contributed by atoms with E-state index in [1.54, 1.807) is 0 Å². The minimum absolute atomic E-state index is 1.08. The van der Waals surface area contributed by atoms with Crippen LogP contribution in [0.5, 0.6) is 0 Å². The molecule has 104 valence electrons. The fourth-order valence-electron chi connectivity index (χ4n) is 1.56. The highest BCUT2D eigenvalue weighted by Gasteiger charge is 2.00. The van der Waals surface area contributed by atoms with Crippen molar-refractivity contribution in [3.63, 3.8) is 0 Å². The summed E-state index contributed by atoms with van der Waals surface area (Å²) < 4.78 is 0. The van der Waals surface area contributed by atoms with Crippen LogP contribution in [-0.4, -0.2) is 0 Å². The van der Waals surface area contributed by atoms with Gasteiger partial charge < -0.3 is 0 Å². The number of benzene rings is 2. The summed E-state index contributed by atoms with van der Waals surface area (Å²) in [5, 5.41) is 0. The van der Waals surface area contributed by atoms with Gasteiger partial charge in [-0.15, -0.1) is 6.58 Å². The van der Waals surface area contributed by atoms with Crippen LogP contribution in [0.25, 0.3) is 5.57 Å². The molecule has 2 aromatic carbocycles. The third-order valence-electron chi connectivity index (χ3n) is 3.13. The maximum Gasteiger partial charge on any atom is -0.0183 e. The summed E-state index contributed by atoms with van der Waals surface area (Å²) >= 11 is 0. The fraction of sp³-hybridized carbons (Fsp3) is 0.200. The molecule has 0 amide bonds. The van der Waals surface area contributed by atoms with Crippen molar-refractivity contribution < 1.29 is 0 Å². The van der Waals surface area contributed by atoms with E-state index in [2.05, 4.69) is 63.4 Å². The van der Waals surface area contributed by atoms with Crippen LogP contribution >= 0.6 is 0 Å². The Labute approximate surface area is 123 Å². The lowest BCUT2D eigenvalue weighted by Crippen LogP contribution is -1.85. The average Bonchev–Trinajstić information content (AvgIpc) is 2.49. The number of rotatable bonds is 3.